The monoisotopic (exact) mass is 803 g/mol. The molecule has 5 aromatic carbocycles. The Labute approximate surface area is 350 Å². The zero-order chi connectivity index (χ0) is 41.9. The number of hydrogen-bond donors (Lipinski definition) is 2. The second kappa shape index (κ2) is 17.1. The van der Waals surface area contributed by atoms with Crippen LogP contribution in [0.4, 0.5) is 5.82 Å². The number of Topliss-reactive ketones (excluding diaryl/α,β-unsaturated/α-hetero) is 1. The summed E-state index contributed by atoms with van der Waals surface area (Å²) in [6.45, 7) is 7.12. The van der Waals surface area contributed by atoms with Crippen molar-refractivity contribution in [2.24, 2.45) is 0 Å². The van der Waals surface area contributed by atoms with E-state index in [9.17, 15) is 9.90 Å². The van der Waals surface area contributed by atoms with Gasteiger partial charge in [-0.1, -0.05) is 130 Å². The number of ketones is 1. The molecule has 11 nitrogen and oxygen atoms in total. The molecule has 2 N–H and O–H groups in total. The lowest BCUT2D eigenvalue weighted by Gasteiger charge is -2.40. The third-order valence-corrected chi connectivity index (χ3v) is 11.2. The van der Waals surface area contributed by atoms with Crippen LogP contribution in [0, 0.1) is 0 Å². The van der Waals surface area contributed by atoms with Crippen molar-refractivity contribution in [3.8, 4) is 11.5 Å². The molecule has 8 rings (SSSR count). The Morgan fingerprint density at radius 2 is 1.33 bits per heavy atom. The van der Waals surface area contributed by atoms with Gasteiger partial charge in [0.2, 0.25) is 0 Å². The number of hydrogen-bond acceptors (Lipinski definition) is 10. The first-order valence-corrected chi connectivity index (χ1v) is 20.0. The van der Waals surface area contributed by atoms with Gasteiger partial charge in [0.1, 0.15) is 35.8 Å². The number of imidazole rings is 1. The number of aliphatic hydroxyl groups excluding tert-OH is 1. The molecule has 1 aliphatic heterocycles. The highest BCUT2D eigenvalue weighted by molar-refractivity contribution is 6.00. The largest absolute Gasteiger partial charge is 0.497 e. The van der Waals surface area contributed by atoms with E-state index in [4.69, 9.17) is 23.9 Å². The van der Waals surface area contributed by atoms with Crippen LogP contribution in [0.15, 0.2) is 146 Å². The maximum atomic E-state index is 15.0. The molecule has 60 heavy (non-hydrogen) atoms. The van der Waals surface area contributed by atoms with Crippen LogP contribution >= 0.6 is 0 Å². The second-order valence-electron chi connectivity index (χ2n) is 16.0. The van der Waals surface area contributed by atoms with Gasteiger partial charge in [-0.15, -0.1) is 0 Å². The molecule has 1 saturated heterocycles. The van der Waals surface area contributed by atoms with Crippen LogP contribution in [0.2, 0.25) is 0 Å². The zero-order valence-corrected chi connectivity index (χ0v) is 34.4. The summed E-state index contributed by atoms with van der Waals surface area (Å²) in [6, 6.07) is 42.4. The summed E-state index contributed by atoms with van der Waals surface area (Å²) in [7, 11) is 3.23. The summed E-state index contributed by atoms with van der Waals surface area (Å²) in [5.41, 5.74) is 4.77. The van der Waals surface area contributed by atoms with Gasteiger partial charge in [0.05, 0.1) is 26.7 Å². The number of ether oxygens (including phenoxy) is 4. The number of carbonyl (C=O) groups is 1. The van der Waals surface area contributed by atoms with Crippen molar-refractivity contribution in [1.82, 2.24) is 19.5 Å². The van der Waals surface area contributed by atoms with Gasteiger partial charge in [0, 0.05) is 18.5 Å². The van der Waals surface area contributed by atoms with E-state index >= 15 is 0 Å². The molecule has 4 atom stereocenters. The third-order valence-electron chi connectivity index (χ3n) is 11.2. The number of aliphatic hydroxyl groups is 1. The molecule has 3 heterocycles. The molecule has 0 saturated carbocycles. The van der Waals surface area contributed by atoms with Gasteiger partial charge in [-0.05, 0) is 57.5 Å². The van der Waals surface area contributed by atoms with Crippen molar-refractivity contribution in [2.75, 3.05) is 19.5 Å². The zero-order valence-electron chi connectivity index (χ0n) is 34.4. The molecular weight excluding hydrogens is 755 g/mol. The maximum absolute atomic E-state index is 15.0. The highest BCUT2D eigenvalue weighted by Crippen LogP contribution is 2.45. The summed E-state index contributed by atoms with van der Waals surface area (Å²) >= 11 is 0. The molecule has 0 spiro atoms. The number of rotatable bonds is 14. The Hall–Kier alpha value is -6.40. The summed E-state index contributed by atoms with van der Waals surface area (Å²) in [5, 5.41) is 15.4. The third kappa shape index (κ3) is 7.99. The van der Waals surface area contributed by atoms with Crippen molar-refractivity contribution < 1.29 is 28.8 Å². The number of benzene rings is 5. The number of nitrogens with one attached hydrogen (secondary N) is 1. The number of fused-ring (bicyclic) bond motifs is 1. The molecule has 0 aliphatic carbocycles. The lowest BCUT2D eigenvalue weighted by atomic mass is 9.79. The minimum atomic E-state index is -1.38. The number of anilines is 1. The second-order valence-corrected chi connectivity index (χ2v) is 16.0. The van der Waals surface area contributed by atoms with Gasteiger partial charge in [0.15, 0.2) is 28.9 Å². The van der Waals surface area contributed by atoms with Crippen molar-refractivity contribution in [1.29, 1.82) is 0 Å². The minimum absolute atomic E-state index is 0.0611. The van der Waals surface area contributed by atoms with Crippen LogP contribution in [0.3, 0.4) is 0 Å². The molecule has 2 aromatic heterocycles. The molecule has 0 radical (unpaired) electrons. The Morgan fingerprint density at radius 3 is 1.92 bits per heavy atom. The fraction of sp³-hybridized carbons (Fsp3) is 0.265. The number of nitrogens with zero attached hydrogens (tertiary/aromatic N) is 4. The number of carbonyl (C=O) groups excluding carboxylic acids is 1. The van der Waals surface area contributed by atoms with Gasteiger partial charge >= 0.3 is 0 Å². The maximum Gasteiger partial charge on any atom is 0.194 e. The standard InChI is InChI=1S/C49H49N5O6/c1-48(2,3)34-18-16-32(17-19-34)29-50-46-42-47(52-30-51-46)54(31-53-42)41-28-40(55)44(59-41)45(43(56)33-12-8-6-9-13-33)60-49(35-14-10-7-11-15-35,36-20-24-38(57-4)25-21-36)37-22-26-39(58-5)27-23-37/h6-27,30-31,40-41,44-45,55H,28-29H2,1-5H3,(H,50,51,52)/t40-,41+,44-,45?/m0/s1. The minimum Gasteiger partial charge on any atom is -0.497 e. The predicted molar refractivity (Wildman–Crippen MR) is 230 cm³/mol. The van der Waals surface area contributed by atoms with E-state index in [0.29, 0.717) is 40.6 Å². The Balaban J connectivity index is 1.17. The molecule has 1 fully saturated rings. The average Bonchev–Trinajstić information content (AvgIpc) is 3.90. The van der Waals surface area contributed by atoms with Gasteiger partial charge in [-0.2, -0.15) is 0 Å². The molecule has 0 bridgehead atoms. The Kier molecular flexibility index (Phi) is 11.5. The molecular formula is C49H49N5O6. The van der Waals surface area contributed by atoms with E-state index in [1.807, 2.05) is 84.9 Å². The predicted octanol–water partition coefficient (Wildman–Crippen LogP) is 8.66. The molecule has 1 unspecified atom stereocenters. The van der Waals surface area contributed by atoms with Gasteiger partial charge < -0.3 is 29.4 Å². The molecule has 306 valence electrons. The SMILES string of the molecule is COc1ccc(C(OC(C(=O)c2ccccc2)[C@H]2O[C@@H](n3cnc4c(NCc5ccc(C(C)(C)C)cc5)ncnc43)C[C@@H]2O)(c2ccccc2)c2ccc(OC)cc2)cc1. The van der Waals surface area contributed by atoms with Crippen molar-refractivity contribution in [2.45, 2.75) is 69.3 Å². The summed E-state index contributed by atoms with van der Waals surface area (Å²) < 4.78 is 27.1. The fourth-order valence-corrected chi connectivity index (χ4v) is 7.88. The lowest BCUT2D eigenvalue weighted by molar-refractivity contribution is -0.126. The van der Waals surface area contributed by atoms with E-state index in [2.05, 4.69) is 60.3 Å². The summed E-state index contributed by atoms with van der Waals surface area (Å²) in [6.07, 6.45) is -0.976. The van der Waals surface area contributed by atoms with Gasteiger partial charge in [-0.25, -0.2) is 15.0 Å². The normalized spacial score (nSPS) is 17.3. The average molecular weight is 804 g/mol. The fourth-order valence-electron chi connectivity index (χ4n) is 7.88. The highest BCUT2D eigenvalue weighted by atomic mass is 16.6. The number of aromatic nitrogens is 4. The quantitative estimate of drug-likeness (QED) is 0.0814. The van der Waals surface area contributed by atoms with E-state index < -0.39 is 30.1 Å². The van der Waals surface area contributed by atoms with Crippen molar-refractivity contribution >= 4 is 22.8 Å². The molecule has 0 amide bonds. The van der Waals surface area contributed by atoms with E-state index in [1.54, 1.807) is 49.4 Å². The summed E-state index contributed by atoms with van der Waals surface area (Å²) in [5.74, 6) is 1.55. The van der Waals surface area contributed by atoms with Crippen molar-refractivity contribution in [3.63, 3.8) is 0 Å². The van der Waals surface area contributed by atoms with Crippen LogP contribution in [0.5, 0.6) is 11.5 Å². The molecule has 1 aliphatic rings. The van der Waals surface area contributed by atoms with Crippen molar-refractivity contribution in [3.05, 3.63) is 179 Å². The molecule has 11 heteroatoms. The van der Waals surface area contributed by atoms with E-state index in [1.165, 1.54) is 11.9 Å². The van der Waals surface area contributed by atoms with E-state index in [0.717, 1.165) is 22.3 Å². The topological polar surface area (TPSA) is 130 Å². The van der Waals surface area contributed by atoms with E-state index in [-0.39, 0.29) is 17.6 Å². The summed E-state index contributed by atoms with van der Waals surface area (Å²) in [4.78, 5) is 28.8. The van der Waals surface area contributed by atoms with Gasteiger partial charge in [-0.3, -0.25) is 9.36 Å². The Bertz CT molecular complexity index is 2470. The number of methoxy groups -OCH3 is 2. The Morgan fingerprint density at radius 1 is 0.767 bits per heavy atom. The first kappa shape index (κ1) is 40.4. The first-order chi connectivity index (χ1) is 29.1. The van der Waals surface area contributed by atoms with Crippen LogP contribution in [-0.4, -0.2) is 62.9 Å². The first-order valence-electron chi connectivity index (χ1n) is 20.0. The highest BCUT2D eigenvalue weighted by Gasteiger charge is 2.50. The van der Waals surface area contributed by atoms with Crippen LogP contribution < -0.4 is 14.8 Å². The van der Waals surface area contributed by atoms with Gasteiger partial charge in [0.25, 0.3) is 0 Å². The lowest BCUT2D eigenvalue weighted by Crippen LogP contribution is -2.48. The van der Waals surface area contributed by atoms with Crippen LogP contribution in [-0.2, 0) is 27.0 Å². The molecule has 7 aromatic rings. The van der Waals surface area contributed by atoms with Crippen LogP contribution in [0.25, 0.3) is 11.2 Å². The van der Waals surface area contributed by atoms with Crippen LogP contribution in [0.1, 0.15) is 71.6 Å². The smallest absolute Gasteiger partial charge is 0.194 e.